The minimum Gasteiger partial charge on any atom is -0.334 e. The highest BCUT2D eigenvalue weighted by Gasteiger charge is 2.22. The lowest BCUT2D eigenvalue weighted by molar-refractivity contribution is -0.130. The van der Waals surface area contributed by atoms with Crippen molar-refractivity contribution in [1.29, 1.82) is 0 Å². The largest absolute Gasteiger partial charge is 0.334 e. The molecule has 0 heterocycles. The van der Waals surface area contributed by atoms with Crippen LogP contribution in [0.5, 0.6) is 0 Å². The molecule has 0 rings (SSSR count). The van der Waals surface area contributed by atoms with Gasteiger partial charge in [-0.3, -0.25) is 4.79 Å². The van der Waals surface area contributed by atoms with Crippen molar-refractivity contribution in [3.05, 3.63) is 34.4 Å². The summed E-state index contributed by atoms with van der Waals surface area (Å²) in [5, 5.41) is 0. The molecule has 0 unspecified atom stereocenters. The number of nitrogens with zero attached hydrogens (tertiary/aromatic N) is 1. The van der Waals surface area contributed by atoms with Crippen LogP contribution in [-0.4, -0.2) is 22.9 Å². The van der Waals surface area contributed by atoms with Crippen molar-refractivity contribution in [1.82, 2.24) is 4.90 Å². The van der Waals surface area contributed by atoms with Gasteiger partial charge in [-0.25, -0.2) is 0 Å². The van der Waals surface area contributed by atoms with Crippen LogP contribution in [0.3, 0.4) is 0 Å². The van der Waals surface area contributed by atoms with Gasteiger partial charge < -0.3 is 4.90 Å². The first-order chi connectivity index (χ1) is 8.23. The van der Waals surface area contributed by atoms with Gasteiger partial charge in [0.05, 0.1) is 0 Å². The van der Waals surface area contributed by atoms with Gasteiger partial charge in [0.1, 0.15) is 0 Å². The van der Waals surface area contributed by atoms with Gasteiger partial charge in [0.25, 0.3) is 5.91 Å². The first-order valence-electron chi connectivity index (χ1n) is 6.25. The van der Waals surface area contributed by atoms with Gasteiger partial charge in [-0.05, 0) is 63.0 Å². The Balaban J connectivity index is 5.30. The van der Waals surface area contributed by atoms with E-state index in [0.717, 1.165) is 10.1 Å². The summed E-state index contributed by atoms with van der Waals surface area (Å²) in [6.45, 7) is 15.8. The third kappa shape index (κ3) is 4.45. The zero-order chi connectivity index (χ0) is 14.5. The Bertz CT molecular complexity index is 370. The maximum absolute atomic E-state index is 12.4. The van der Waals surface area contributed by atoms with Crippen LogP contribution >= 0.6 is 15.9 Å². The molecule has 2 nitrogen and oxygen atoms in total. The Morgan fingerprint density at radius 3 is 2.00 bits per heavy atom. The normalized spacial score (nSPS) is 13.2. The average molecular weight is 314 g/mol. The lowest BCUT2D eigenvalue weighted by atomic mass is 10.1. The van der Waals surface area contributed by atoms with E-state index in [4.69, 9.17) is 0 Å². The molecule has 0 aromatic rings. The Labute approximate surface area is 120 Å². The zero-order valence-electron chi connectivity index (χ0n) is 12.2. The van der Waals surface area contributed by atoms with E-state index in [1.54, 1.807) is 0 Å². The second-order valence-corrected chi connectivity index (χ2v) is 5.66. The Kier molecular flexibility index (Phi) is 7.22. The standard InChI is InChI=1S/C15H24BrNO/c1-8-9-12(6)14(16)13(7)15(18)17(10(2)3)11(4)5/h8-11H,6H2,1-5,7H3/b9-8+,14-13+. The Morgan fingerprint density at radius 2 is 1.67 bits per heavy atom. The molecule has 0 N–H and O–H groups in total. The molecule has 0 aromatic carbocycles. The van der Waals surface area contributed by atoms with Gasteiger partial charge >= 0.3 is 0 Å². The van der Waals surface area contributed by atoms with Crippen LogP contribution in [0.25, 0.3) is 0 Å². The maximum Gasteiger partial charge on any atom is 0.251 e. The second-order valence-electron chi connectivity index (χ2n) is 4.86. The van der Waals surface area contributed by atoms with E-state index in [9.17, 15) is 4.79 Å². The molecule has 0 aliphatic heterocycles. The highest BCUT2D eigenvalue weighted by Crippen LogP contribution is 2.24. The van der Waals surface area contributed by atoms with Gasteiger partial charge in [0, 0.05) is 22.1 Å². The molecule has 0 atom stereocenters. The highest BCUT2D eigenvalue weighted by molar-refractivity contribution is 9.12. The van der Waals surface area contributed by atoms with Gasteiger partial charge in [-0.15, -0.1) is 0 Å². The summed E-state index contributed by atoms with van der Waals surface area (Å²) in [6.07, 6.45) is 3.79. The molecule has 1 amide bonds. The first kappa shape index (κ1) is 17.2. The predicted octanol–water partition coefficient (Wildman–Crippen LogP) is 4.43. The predicted molar refractivity (Wildman–Crippen MR) is 82.7 cm³/mol. The van der Waals surface area contributed by atoms with E-state index >= 15 is 0 Å². The fourth-order valence-electron chi connectivity index (χ4n) is 1.87. The van der Waals surface area contributed by atoms with E-state index in [0.29, 0.717) is 5.57 Å². The van der Waals surface area contributed by atoms with Crippen LogP contribution in [0.1, 0.15) is 41.5 Å². The molecule has 0 spiro atoms. The summed E-state index contributed by atoms with van der Waals surface area (Å²) < 4.78 is 0.775. The fraction of sp³-hybridized carbons (Fsp3) is 0.533. The summed E-state index contributed by atoms with van der Waals surface area (Å²) in [4.78, 5) is 14.3. The van der Waals surface area contributed by atoms with Crippen molar-refractivity contribution in [2.75, 3.05) is 0 Å². The van der Waals surface area contributed by atoms with Crippen molar-refractivity contribution >= 4 is 21.8 Å². The lowest BCUT2D eigenvalue weighted by Gasteiger charge is -2.31. The first-order valence-corrected chi connectivity index (χ1v) is 7.04. The van der Waals surface area contributed by atoms with E-state index in [1.165, 1.54) is 0 Å². The number of hydrogen-bond acceptors (Lipinski definition) is 1. The van der Waals surface area contributed by atoms with Crippen LogP contribution in [0.2, 0.25) is 0 Å². The number of allylic oxidation sites excluding steroid dienone is 4. The molecule has 0 aliphatic carbocycles. The van der Waals surface area contributed by atoms with Crippen molar-refractivity contribution < 1.29 is 4.79 Å². The van der Waals surface area contributed by atoms with Crippen molar-refractivity contribution in [2.45, 2.75) is 53.6 Å². The minimum absolute atomic E-state index is 0.0533. The molecular formula is C15H24BrNO. The van der Waals surface area contributed by atoms with Crippen molar-refractivity contribution in [3.8, 4) is 0 Å². The maximum atomic E-state index is 12.4. The second kappa shape index (κ2) is 7.57. The number of carbonyl (C=O) groups is 1. The van der Waals surface area contributed by atoms with Crippen molar-refractivity contribution in [2.24, 2.45) is 0 Å². The number of amides is 1. The molecular weight excluding hydrogens is 290 g/mol. The molecule has 0 saturated heterocycles. The average Bonchev–Trinajstić information content (AvgIpc) is 2.26. The van der Waals surface area contributed by atoms with E-state index in [2.05, 4.69) is 22.5 Å². The smallest absolute Gasteiger partial charge is 0.251 e. The number of carbonyl (C=O) groups excluding carboxylic acids is 1. The van der Waals surface area contributed by atoms with Gasteiger partial charge in [-0.1, -0.05) is 18.7 Å². The summed E-state index contributed by atoms with van der Waals surface area (Å²) in [7, 11) is 0. The topological polar surface area (TPSA) is 20.3 Å². The molecule has 0 aliphatic rings. The van der Waals surface area contributed by atoms with Gasteiger partial charge in [0.15, 0.2) is 0 Å². The number of rotatable bonds is 5. The van der Waals surface area contributed by atoms with Crippen LogP contribution in [0, 0.1) is 0 Å². The number of halogens is 1. The third-order valence-corrected chi connectivity index (χ3v) is 3.75. The summed E-state index contributed by atoms with van der Waals surface area (Å²) in [6, 6.07) is 0.366. The molecule has 3 heteroatoms. The Morgan fingerprint density at radius 1 is 1.22 bits per heavy atom. The van der Waals surface area contributed by atoms with Gasteiger partial charge in [-0.2, -0.15) is 0 Å². The van der Waals surface area contributed by atoms with Crippen molar-refractivity contribution in [3.63, 3.8) is 0 Å². The highest BCUT2D eigenvalue weighted by atomic mass is 79.9. The summed E-state index contributed by atoms with van der Waals surface area (Å²) >= 11 is 3.46. The molecule has 0 radical (unpaired) electrons. The number of hydrogen-bond donors (Lipinski definition) is 0. The SMILES string of the molecule is C=C(/C=C/C)/C(Br)=C(/C)C(=O)N(C(C)C)C(C)C. The Hall–Kier alpha value is -0.830. The minimum atomic E-state index is 0.0533. The fourth-order valence-corrected chi connectivity index (χ4v) is 2.17. The molecule has 0 bridgehead atoms. The molecule has 0 fully saturated rings. The third-order valence-electron chi connectivity index (χ3n) is 2.65. The quantitative estimate of drug-likeness (QED) is 0.543. The van der Waals surface area contributed by atoms with E-state index < -0.39 is 0 Å². The van der Waals surface area contributed by atoms with Crippen LogP contribution < -0.4 is 0 Å². The zero-order valence-corrected chi connectivity index (χ0v) is 13.8. The molecule has 102 valence electrons. The monoisotopic (exact) mass is 313 g/mol. The van der Waals surface area contributed by atoms with E-state index in [1.807, 2.05) is 58.6 Å². The van der Waals surface area contributed by atoms with Gasteiger partial charge in [0.2, 0.25) is 0 Å². The molecule has 0 saturated carbocycles. The van der Waals surface area contributed by atoms with Crippen LogP contribution in [-0.2, 0) is 4.79 Å². The molecule has 0 aromatic heterocycles. The van der Waals surface area contributed by atoms with E-state index in [-0.39, 0.29) is 18.0 Å². The van der Waals surface area contributed by atoms with Crippen LogP contribution in [0.15, 0.2) is 34.4 Å². The molecule has 18 heavy (non-hydrogen) atoms. The summed E-state index contributed by atoms with van der Waals surface area (Å²) in [5.41, 5.74) is 1.51. The lowest BCUT2D eigenvalue weighted by Crippen LogP contribution is -2.42. The van der Waals surface area contributed by atoms with Crippen LogP contribution in [0.4, 0.5) is 0 Å². The summed E-state index contributed by atoms with van der Waals surface area (Å²) in [5.74, 6) is 0.0533.